The summed E-state index contributed by atoms with van der Waals surface area (Å²) in [5.41, 5.74) is 2.18. The topological polar surface area (TPSA) is 97.0 Å². The first-order chi connectivity index (χ1) is 12.6. The van der Waals surface area contributed by atoms with E-state index in [1.165, 1.54) is 6.33 Å². The van der Waals surface area contributed by atoms with Crippen molar-refractivity contribution >= 4 is 28.6 Å². The van der Waals surface area contributed by atoms with Crippen LogP contribution in [0.1, 0.15) is 24.1 Å². The molecule has 1 amide bonds. The number of hydrogen-bond donors (Lipinski definition) is 1. The van der Waals surface area contributed by atoms with Crippen LogP contribution in [-0.4, -0.2) is 39.1 Å². The van der Waals surface area contributed by atoms with Crippen LogP contribution < -0.4 is 10.2 Å². The second-order valence-electron chi connectivity index (χ2n) is 6.59. The quantitative estimate of drug-likeness (QED) is 0.773. The number of hydrogen-bond acceptors (Lipinski definition) is 7. The molecule has 1 atom stereocenters. The van der Waals surface area contributed by atoms with Gasteiger partial charge in [0.1, 0.15) is 23.3 Å². The molecule has 1 fully saturated rings. The number of nitrogens with one attached hydrogen (secondary N) is 1. The number of piperidine rings is 1. The molecule has 134 valence electrons. The summed E-state index contributed by atoms with van der Waals surface area (Å²) < 4.78 is 5.23. The molecule has 4 heterocycles. The number of nitrogens with zero attached hydrogens (tertiary/aromatic N) is 5. The Labute approximate surface area is 150 Å². The predicted octanol–water partition coefficient (Wildman–Crippen LogP) is 2.48. The summed E-state index contributed by atoms with van der Waals surface area (Å²) >= 11 is 0. The summed E-state index contributed by atoms with van der Waals surface area (Å²) in [6.07, 6.45) is 4.91. The number of carbonyl (C=O) groups is 1. The van der Waals surface area contributed by atoms with Gasteiger partial charge >= 0.3 is 0 Å². The van der Waals surface area contributed by atoms with Crippen LogP contribution in [-0.2, 0) is 4.79 Å². The van der Waals surface area contributed by atoms with Crippen molar-refractivity contribution in [2.24, 2.45) is 5.92 Å². The Morgan fingerprint density at radius 2 is 2.19 bits per heavy atom. The van der Waals surface area contributed by atoms with Gasteiger partial charge < -0.3 is 14.7 Å². The van der Waals surface area contributed by atoms with Crippen LogP contribution in [0.2, 0.25) is 0 Å². The maximum absolute atomic E-state index is 12.7. The highest BCUT2D eigenvalue weighted by molar-refractivity contribution is 5.93. The molecule has 3 aromatic rings. The number of anilines is 2. The zero-order chi connectivity index (χ0) is 18.1. The molecule has 1 aliphatic heterocycles. The Bertz CT molecular complexity index is 954. The van der Waals surface area contributed by atoms with Gasteiger partial charge in [-0.05, 0) is 38.3 Å². The fraction of sp³-hybridized carbons (Fsp3) is 0.389. The van der Waals surface area contributed by atoms with Crippen molar-refractivity contribution in [1.82, 2.24) is 20.1 Å². The number of rotatable bonds is 3. The lowest BCUT2D eigenvalue weighted by Crippen LogP contribution is -2.41. The third-order valence-electron chi connectivity index (χ3n) is 4.77. The van der Waals surface area contributed by atoms with Crippen molar-refractivity contribution in [2.45, 2.75) is 26.7 Å². The summed E-state index contributed by atoms with van der Waals surface area (Å²) in [6.45, 7) is 5.23. The molecule has 0 aromatic carbocycles. The second-order valence-corrected chi connectivity index (χ2v) is 6.59. The molecule has 3 aromatic heterocycles. The Balaban J connectivity index is 1.55. The number of pyridine rings is 1. The highest BCUT2D eigenvalue weighted by Crippen LogP contribution is 2.29. The van der Waals surface area contributed by atoms with E-state index in [1.807, 2.05) is 26.0 Å². The lowest BCUT2D eigenvalue weighted by Gasteiger charge is -2.33. The minimum Gasteiger partial charge on any atom is -0.355 e. The SMILES string of the molecule is Cc1cccnc1NC(=O)[C@@H]1CCCN(c2ncnc3onc(C)c23)C1. The highest BCUT2D eigenvalue weighted by Gasteiger charge is 2.29. The normalized spacial score (nSPS) is 17.5. The third-order valence-corrected chi connectivity index (χ3v) is 4.77. The maximum Gasteiger partial charge on any atom is 0.263 e. The molecule has 0 saturated carbocycles. The third kappa shape index (κ3) is 2.98. The summed E-state index contributed by atoms with van der Waals surface area (Å²) in [4.78, 5) is 27.7. The van der Waals surface area contributed by atoms with E-state index in [9.17, 15) is 4.79 Å². The molecule has 0 spiro atoms. The zero-order valence-corrected chi connectivity index (χ0v) is 14.8. The Hall–Kier alpha value is -3.03. The van der Waals surface area contributed by atoms with E-state index in [2.05, 4.69) is 30.3 Å². The standard InChI is InChI=1S/C18H20N6O2/c1-11-5-3-7-19-15(11)22-17(25)13-6-4-8-24(9-13)16-14-12(2)23-26-18(14)21-10-20-16/h3,5,7,10,13H,4,6,8-9H2,1-2H3,(H,19,22,25)/t13-/m1/s1. The fourth-order valence-corrected chi connectivity index (χ4v) is 3.36. The van der Waals surface area contributed by atoms with Gasteiger partial charge in [-0.2, -0.15) is 4.98 Å². The minimum absolute atomic E-state index is 0.0103. The first-order valence-electron chi connectivity index (χ1n) is 8.68. The molecular formula is C18H20N6O2. The van der Waals surface area contributed by atoms with E-state index in [-0.39, 0.29) is 11.8 Å². The van der Waals surface area contributed by atoms with E-state index in [0.29, 0.717) is 18.1 Å². The van der Waals surface area contributed by atoms with Crippen molar-refractivity contribution in [1.29, 1.82) is 0 Å². The van der Waals surface area contributed by atoms with Gasteiger partial charge in [0.25, 0.3) is 5.71 Å². The monoisotopic (exact) mass is 352 g/mol. The van der Waals surface area contributed by atoms with Crippen LogP contribution in [0.5, 0.6) is 0 Å². The van der Waals surface area contributed by atoms with Gasteiger partial charge in [0, 0.05) is 19.3 Å². The van der Waals surface area contributed by atoms with E-state index < -0.39 is 0 Å². The molecule has 0 unspecified atom stereocenters. The number of aryl methyl sites for hydroxylation is 2. The molecule has 1 aliphatic rings. The Morgan fingerprint density at radius 3 is 3.04 bits per heavy atom. The number of aromatic nitrogens is 4. The lowest BCUT2D eigenvalue weighted by molar-refractivity contribution is -0.120. The van der Waals surface area contributed by atoms with Gasteiger partial charge in [-0.25, -0.2) is 9.97 Å². The fourth-order valence-electron chi connectivity index (χ4n) is 3.36. The van der Waals surface area contributed by atoms with Gasteiger partial charge in [0.15, 0.2) is 0 Å². The summed E-state index contributed by atoms with van der Waals surface area (Å²) in [6, 6.07) is 3.79. The van der Waals surface area contributed by atoms with Crippen LogP contribution in [0.4, 0.5) is 11.6 Å². The first kappa shape index (κ1) is 16.4. The van der Waals surface area contributed by atoms with Crippen molar-refractivity contribution in [3.8, 4) is 0 Å². The summed E-state index contributed by atoms with van der Waals surface area (Å²) in [5, 5.41) is 7.75. The molecule has 8 nitrogen and oxygen atoms in total. The van der Waals surface area contributed by atoms with Gasteiger partial charge in [0.2, 0.25) is 5.91 Å². The van der Waals surface area contributed by atoms with Crippen LogP contribution >= 0.6 is 0 Å². The van der Waals surface area contributed by atoms with Crippen LogP contribution in [0.3, 0.4) is 0 Å². The van der Waals surface area contributed by atoms with Gasteiger partial charge in [0.05, 0.1) is 11.6 Å². The molecule has 0 radical (unpaired) electrons. The van der Waals surface area contributed by atoms with Gasteiger partial charge in [-0.15, -0.1) is 0 Å². The molecule has 1 N–H and O–H groups in total. The van der Waals surface area contributed by atoms with E-state index in [1.54, 1.807) is 6.20 Å². The average molecular weight is 352 g/mol. The maximum atomic E-state index is 12.7. The lowest BCUT2D eigenvalue weighted by atomic mass is 9.96. The van der Waals surface area contributed by atoms with E-state index in [4.69, 9.17) is 4.52 Å². The summed E-state index contributed by atoms with van der Waals surface area (Å²) in [5.74, 6) is 1.26. The van der Waals surface area contributed by atoms with Crippen molar-refractivity contribution in [3.05, 3.63) is 35.9 Å². The molecule has 0 aliphatic carbocycles. The van der Waals surface area contributed by atoms with E-state index in [0.717, 1.165) is 41.8 Å². The van der Waals surface area contributed by atoms with Crippen LogP contribution in [0.25, 0.3) is 11.1 Å². The molecule has 26 heavy (non-hydrogen) atoms. The highest BCUT2D eigenvalue weighted by atomic mass is 16.5. The predicted molar refractivity (Wildman–Crippen MR) is 96.9 cm³/mol. The van der Waals surface area contributed by atoms with Crippen LogP contribution in [0.15, 0.2) is 29.2 Å². The van der Waals surface area contributed by atoms with Crippen LogP contribution in [0, 0.1) is 19.8 Å². The van der Waals surface area contributed by atoms with E-state index >= 15 is 0 Å². The second kappa shape index (κ2) is 6.70. The Kier molecular flexibility index (Phi) is 4.24. The average Bonchev–Trinajstić information content (AvgIpc) is 3.05. The molecule has 4 rings (SSSR count). The molecular weight excluding hydrogens is 332 g/mol. The smallest absolute Gasteiger partial charge is 0.263 e. The number of carbonyl (C=O) groups excluding carboxylic acids is 1. The largest absolute Gasteiger partial charge is 0.355 e. The number of amides is 1. The van der Waals surface area contributed by atoms with Crippen molar-refractivity contribution in [2.75, 3.05) is 23.3 Å². The van der Waals surface area contributed by atoms with Gasteiger partial charge in [-0.3, -0.25) is 4.79 Å². The first-order valence-corrected chi connectivity index (χ1v) is 8.68. The summed E-state index contributed by atoms with van der Waals surface area (Å²) in [7, 11) is 0. The number of fused-ring (bicyclic) bond motifs is 1. The Morgan fingerprint density at radius 1 is 1.31 bits per heavy atom. The minimum atomic E-state index is -0.129. The van der Waals surface area contributed by atoms with Gasteiger partial charge in [-0.1, -0.05) is 11.2 Å². The molecule has 8 heteroatoms. The molecule has 0 bridgehead atoms. The van der Waals surface area contributed by atoms with Crippen molar-refractivity contribution in [3.63, 3.8) is 0 Å². The van der Waals surface area contributed by atoms with Crippen molar-refractivity contribution < 1.29 is 9.32 Å². The molecule has 1 saturated heterocycles. The zero-order valence-electron chi connectivity index (χ0n) is 14.8.